The van der Waals surface area contributed by atoms with Crippen molar-refractivity contribution in [2.75, 3.05) is 13.1 Å². The lowest BCUT2D eigenvalue weighted by molar-refractivity contribution is -0.149. The summed E-state index contributed by atoms with van der Waals surface area (Å²) in [7, 11) is 0. The maximum atomic E-state index is 11.4. The fourth-order valence-corrected chi connectivity index (χ4v) is 1.25. The molecule has 1 heterocycles. The number of piperazine rings is 1. The molecule has 0 aromatic carbocycles. The van der Waals surface area contributed by atoms with Gasteiger partial charge < -0.3 is 5.11 Å². The van der Waals surface area contributed by atoms with E-state index in [4.69, 9.17) is 5.11 Å². The van der Waals surface area contributed by atoms with E-state index in [-0.39, 0.29) is 13.1 Å². The third-order valence-corrected chi connectivity index (χ3v) is 2.26. The summed E-state index contributed by atoms with van der Waals surface area (Å²) in [6.45, 7) is 2.78. The average molecular weight is 200 g/mol. The van der Waals surface area contributed by atoms with Gasteiger partial charge in [-0.15, -0.1) is 0 Å². The topological polar surface area (TPSA) is 86.7 Å². The average Bonchev–Trinajstić information content (AvgIpc) is 1.99. The van der Waals surface area contributed by atoms with Crippen molar-refractivity contribution in [3.05, 3.63) is 0 Å². The lowest BCUT2D eigenvalue weighted by atomic mass is 9.99. The lowest BCUT2D eigenvalue weighted by Crippen LogP contribution is -2.64. The van der Waals surface area contributed by atoms with Crippen molar-refractivity contribution in [1.82, 2.24) is 10.2 Å². The Morgan fingerprint density at radius 3 is 2.64 bits per heavy atom. The molecule has 0 saturated carbocycles. The first-order chi connectivity index (χ1) is 6.34. The molecule has 1 aliphatic heterocycles. The second kappa shape index (κ2) is 3.38. The number of nitrogens with one attached hydrogen (secondary N) is 1. The number of carboxylic acids is 1. The first-order valence-electron chi connectivity index (χ1n) is 4.15. The van der Waals surface area contributed by atoms with Crippen LogP contribution in [0.5, 0.6) is 0 Å². The SMILES string of the molecule is CC1(C)C(=O)NC(=O)CN1CC(=O)O. The van der Waals surface area contributed by atoms with Crippen LogP contribution in [0.2, 0.25) is 0 Å². The minimum absolute atomic E-state index is 0.0644. The van der Waals surface area contributed by atoms with Crippen LogP contribution in [0.15, 0.2) is 0 Å². The van der Waals surface area contributed by atoms with Gasteiger partial charge in [0.25, 0.3) is 0 Å². The molecule has 14 heavy (non-hydrogen) atoms. The highest BCUT2D eigenvalue weighted by Crippen LogP contribution is 2.17. The number of carboxylic acid groups (broad SMARTS) is 1. The summed E-state index contributed by atoms with van der Waals surface area (Å²) in [4.78, 5) is 34.2. The molecular weight excluding hydrogens is 188 g/mol. The van der Waals surface area contributed by atoms with Gasteiger partial charge in [0.2, 0.25) is 11.8 Å². The quantitative estimate of drug-likeness (QED) is 0.547. The van der Waals surface area contributed by atoms with Crippen molar-refractivity contribution in [2.24, 2.45) is 0 Å². The summed E-state index contributed by atoms with van der Waals surface area (Å²) in [5.41, 5.74) is -0.952. The molecular formula is C8H12N2O4. The highest BCUT2D eigenvalue weighted by atomic mass is 16.4. The Kier molecular flexibility index (Phi) is 2.57. The second-order valence-electron chi connectivity index (χ2n) is 3.69. The third kappa shape index (κ3) is 1.90. The number of aliphatic carboxylic acids is 1. The predicted octanol–water partition coefficient (Wildman–Crippen LogP) is -1.19. The molecule has 0 unspecified atom stereocenters. The fraction of sp³-hybridized carbons (Fsp3) is 0.625. The first-order valence-corrected chi connectivity index (χ1v) is 4.15. The zero-order valence-electron chi connectivity index (χ0n) is 8.03. The molecule has 2 N–H and O–H groups in total. The Labute approximate surface area is 80.9 Å². The fourth-order valence-electron chi connectivity index (χ4n) is 1.25. The molecule has 0 bridgehead atoms. The number of nitrogens with zero attached hydrogens (tertiary/aromatic N) is 1. The minimum Gasteiger partial charge on any atom is -0.480 e. The first kappa shape index (κ1) is 10.6. The number of rotatable bonds is 2. The Hall–Kier alpha value is -1.43. The largest absolute Gasteiger partial charge is 0.480 e. The maximum absolute atomic E-state index is 11.4. The van der Waals surface area contributed by atoms with Crippen molar-refractivity contribution < 1.29 is 19.5 Å². The standard InChI is InChI=1S/C8H12N2O4/c1-8(2)7(14)9-5(11)3-10(8)4-6(12)13/h3-4H2,1-2H3,(H,12,13)(H,9,11,14). The van der Waals surface area contributed by atoms with E-state index < -0.39 is 23.3 Å². The molecule has 78 valence electrons. The van der Waals surface area contributed by atoms with Crippen molar-refractivity contribution in [3.63, 3.8) is 0 Å². The highest BCUT2D eigenvalue weighted by Gasteiger charge is 2.41. The Morgan fingerprint density at radius 2 is 2.14 bits per heavy atom. The van der Waals surface area contributed by atoms with Gasteiger partial charge in [0.1, 0.15) is 0 Å². The lowest BCUT2D eigenvalue weighted by Gasteiger charge is -2.38. The summed E-state index contributed by atoms with van der Waals surface area (Å²) < 4.78 is 0. The molecule has 0 aliphatic carbocycles. The molecule has 0 spiro atoms. The van der Waals surface area contributed by atoms with Crippen LogP contribution in [-0.2, 0) is 14.4 Å². The summed E-state index contributed by atoms with van der Waals surface area (Å²) in [6.07, 6.45) is 0. The van der Waals surface area contributed by atoms with Gasteiger partial charge >= 0.3 is 5.97 Å². The molecule has 0 radical (unpaired) electrons. The van der Waals surface area contributed by atoms with E-state index in [0.29, 0.717) is 0 Å². The van der Waals surface area contributed by atoms with Crippen LogP contribution in [0.3, 0.4) is 0 Å². The number of carbonyl (C=O) groups is 3. The zero-order chi connectivity index (χ0) is 10.9. The molecule has 6 nitrogen and oxygen atoms in total. The van der Waals surface area contributed by atoms with Gasteiger partial charge in [-0.05, 0) is 13.8 Å². The molecule has 0 aromatic heterocycles. The molecule has 1 rings (SSSR count). The van der Waals surface area contributed by atoms with E-state index in [0.717, 1.165) is 0 Å². The maximum Gasteiger partial charge on any atom is 0.317 e. The minimum atomic E-state index is -1.06. The molecule has 1 aliphatic rings. The van der Waals surface area contributed by atoms with E-state index in [9.17, 15) is 14.4 Å². The molecule has 0 aromatic rings. The van der Waals surface area contributed by atoms with Gasteiger partial charge in [0.05, 0.1) is 18.6 Å². The zero-order valence-corrected chi connectivity index (χ0v) is 8.03. The smallest absolute Gasteiger partial charge is 0.317 e. The number of hydrogen-bond donors (Lipinski definition) is 2. The number of amides is 2. The Bertz CT molecular complexity index is 296. The van der Waals surface area contributed by atoms with Crippen LogP contribution in [0.4, 0.5) is 0 Å². The van der Waals surface area contributed by atoms with Gasteiger partial charge in [-0.3, -0.25) is 24.6 Å². The summed E-state index contributed by atoms with van der Waals surface area (Å²) >= 11 is 0. The van der Waals surface area contributed by atoms with Gasteiger partial charge in [-0.2, -0.15) is 0 Å². The summed E-state index contributed by atoms with van der Waals surface area (Å²) in [6, 6.07) is 0. The molecule has 0 atom stereocenters. The molecule has 6 heteroatoms. The van der Waals surface area contributed by atoms with Crippen LogP contribution in [0, 0.1) is 0 Å². The summed E-state index contributed by atoms with van der Waals surface area (Å²) in [5.74, 6) is -1.98. The monoisotopic (exact) mass is 200 g/mol. The van der Waals surface area contributed by atoms with E-state index in [1.54, 1.807) is 13.8 Å². The van der Waals surface area contributed by atoms with Gasteiger partial charge in [0, 0.05) is 0 Å². The van der Waals surface area contributed by atoms with E-state index >= 15 is 0 Å². The van der Waals surface area contributed by atoms with Gasteiger partial charge in [0.15, 0.2) is 0 Å². The molecule has 1 fully saturated rings. The highest BCUT2D eigenvalue weighted by molar-refractivity contribution is 6.03. The van der Waals surface area contributed by atoms with Crippen molar-refractivity contribution in [1.29, 1.82) is 0 Å². The van der Waals surface area contributed by atoms with Crippen LogP contribution in [0.25, 0.3) is 0 Å². The van der Waals surface area contributed by atoms with E-state index in [2.05, 4.69) is 5.32 Å². The number of imide groups is 1. The van der Waals surface area contributed by atoms with Crippen LogP contribution in [0.1, 0.15) is 13.8 Å². The van der Waals surface area contributed by atoms with E-state index in [1.165, 1.54) is 4.90 Å². The van der Waals surface area contributed by atoms with Crippen LogP contribution >= 0.6 is 0 Å². The van der Waals surface area contributed by atoms with Crippen molar-refractivity contribution >= 4 is 17.8 Å². The van der Waals surface area contributed by atoms with Crippen molar-refractivity contribution in [2.45, 2.75) is 19.4 Å². The van der Waals surface area contributed by atoms with Gasteiger partial charge in [-0.1, -0.05) is 0 Å². The number of hydrogen-bond acceptors (Lipinski definition) is 4. The number of carbonyl (C=O) groups excluding carboxylic acids is 2. The van der Waals surface area contributed by atoms with Crippen LogP contribution < -0.4 is 5.32 Å². The Morgan fingerprint density at radius 1 is 1.57 bits per heavy atom. The van der Waals surface area contributed by atoms with Crippen LogP contribution in [-0.4, -0.2) is 46.4 Å². The van der Waals surface area contributed by atoms with E-state index in [1.807, 2.05) is 0 Å². The van der Waals surface area contributed by atoms with Crippen molar-refractivity contribution in [3.8, 4) is 0 Å². The second-order valence-corrected chi connectivity index (χ2v) is 3.69. The normalized spacial score (nSPS) is 21.9. The summed E-state index contributed by atoms with van der Waals surface area (Å²) in [5, 5.41) is 10.7. The molecule has 2 amide bonds. The Balaban J connectivity index is 2.84. The third-order valence-electron chi connectivity index (χ3n) is 2.26. The predicted molar refractivity (Wildman–Crippen MR) is 46.4 cm³/mol. The molecule has 1 saturated heterocycles. The van der Waals surface area contributed by atoms with Gasteiger partial charge in [-0.25, -0.2) is 0 Å².